The number of rotatable bonds is 6. The Hall–Kier alpha value is -1.32. The standard InChI is InChI=1S/C20H31N5O.HI/c1-4-21-19(23-15-20(2,3)25-9-11-26-12-10-25)22-14-17-13-16-7-5-6-8-18(16)24-17;/h5-8,13,24H,4,9-12,14-15H2,1-3H3,(H2,21,22,23);1H. The molecule has 2 heterocycles. The maximum absolute atomic E-state index is 5.47. The molecule has 2 aromatic rings. The van der Waals surface area contributed by atoms with Crippen LogP contribution in [-0.4, -0.2) is 60.8 Å². The molecule has 0 atom stereocenters. The van der Waals surface area contributed by atoms with Crippen molar-refractivity contribution in [2.24, 2.45) is 4.99 Å². The van der Waals surface area contributed by atoms with Crippen molar-refractivity contribution in [2.75, 3.05) is 39.4 Å². The molecule has 150 valence electrons. The molecule has 27 heavy (non-hydrogen) atoms. The van der Waals surface area contributed by atoms with Crippen LogP contribution in [0.3, 0.4) is 0 Å². The van der Waals surface area contributed by atoms with Gasteiger partial charge in [-0.2, -0.15) is 0 Å². The minimum atomic E-state index is 0. The zero-order valence-electron chi connectivity index (χ0n) is 16.5. The van der Waals surface area contributed by atoms with Crippen molar-refractivity contribution in [1.29, 1.82) is 0 Å². The Labute approximate surface area is 179 Å². The van der Waals surface area contributed by atoms with Gasteiger partial charge in [0.1, 0.15) is 0 Å². The molecule has 7 heteroatoms. The van der Waals surface area contributed by atoms with Crippen LogP contribution in [0.1, 0.15) is 26.5 Å². The number of nitrogens with one attached hydrogen (secondary N) is 3. The zero-order chi connectivity index (χ0) is 18.4. The van der Waals surface area contributed by atoms with E-state index in [-0.39, 0.29) is 29.5 Å². The Morgan fingerprint density at radius 2 is 1.96 bits per heavy atom. The Morgan fingerprint density at radius 3 is 2.67 bits per heavy atom. The summed E-state index contributed by atoms with van der Waals surface area (Å²) in [6.45, 7) is 12.5. The summed E-state index contributed by atoms with van der Waals surface area (Å²) in [5, 5.41) is 8.07. The monoisotopic (exact) mass is 485 g/mol. The maximum Gasteiger partial charge on any atom is 0.191 e. The van der Waals surface area contributed by atoms with Gasteiger partial charge in [-0.15, -0.1) is 24.0 Å². The summed E-state index contributed by atoms with van der Waals surface area (Å²) in [5.74, 6) is 0.854. The molecule has 1 saturated heterocycles. The molecule has 0 radical (unpaired) electrons. The lowest BCUT2D eigenvalue weighted by Crippen LogP contribution is -2.56. The van der Waals surface area contributed by atoms with E-state index in [4.69, 9.17) is 9.73 Å². The number of nitrogens with zero attached hydrogens (tertiary/aromatic N) is 2. The minimum Gasteiger partial charge on any atom is -0.379 e. The topological polar surface area (TPSA) is 64.7 Å². The van der Waals surface area contributed by atoms with Crippen molar-refractivity contribution in [3.63, 3.8) is 0 Å². The van der Waals surface area contributed by atoms with Gasteiger partial charge in [0.25, 0.3) is 0 Å². The van der Waals surface area contributed by atoms with E-state index >= 15 is 0 Å². The van der Waals surface area contributed by atoms with E-state index in [1.807, 2.05) is 6.07 Å². The van der Waals surface area contributed by atoms with Gasteiger partial charge >= 0.3 is 0 Å². The SMILES string of the molecule is CCNC(=NCc1cc2ccccc2[nH]1)NCC(C)(C)N1CCOCC1.I. The first kappa shape index (κ1) is 22.0. The zero-order valence-corrected chi connectivity index (χ0v) is 18.9. The summed E-state index contributed by atoms with van der Waals surface area (Å²) >= 11 is 0. The van der Waals surface area contributed by atoms with Crippen LogP contribution < -0.4 is 10.6 Å². The summed E-state index contributed by atoms with van der Waals surface area (Å²) in [7, 11) is 0. The lowest BCUT2D eigenvalue weighted by Gasteiger charge is -2.41. The van der Waals surface area contributed by atoms with Crippen LogP contribution in [0.25, 0.3) is 10.9 Å². The quantitative estimate of drug-likeness (QED) is 0.335. The molecule has 0 bridgehead atoms. The van der Waals surface area contributed by atoms with E-state index in [1.54, 1.807) is 0 Å². The Bertz CT molecular complexity index is 704. The highest BCUT2D eigenvalue weighted by Gasteiger charge is 2.28. The van der Waals surface area contributed by atoms with Crippen LogP contribution >= 0.6 is 24.0 Å². The van der Waals surface area contributed by atoms with Crippen molar-refractivity contribution in [3.8, 4) is 0 Å². The average Bonchev–Trinajstić information content (AvgIpc) is 3.08. The molecule has 0 amide bonds. The molecule has 0 unspecified atom stereocenters. The van der Waals surface area contributed by atoms with Crippen LogP contribution in [0, 0.1) is 0 Å². The van der Waals surface area contributed by atoms with E-state index in [0.29, 0.717) is 6.54 Å². The second kappa shape index (κ2) is 10.3. The van der Waals surface area contributed by atoms with E-state index in [1.165, 1.54) is 5.39 Å². The van der Waals surface area contributed by atoms with Gasteiger partial charge in [-0.25, -0.2) is 4.99 Å². The fraction of sp³-hybridized carbons (Fsp3) is 0.550. The average molecular weight is 485 g/mol. The highest BCUT2D eigenvalue weighted by atomic mass is 127. The van der Waals surface area contributed by atoms with Gasteiger partial charge in [0, 0.05) is 42.9 Å². The van der Waals surface area contributed by atoms with Crippen LogP contribution in [0.4, 0.5) is 0 Å². The molecule has 0 spiro atoms. The molecule has 0 aliphatic carbocycles. The molecule has 1 fully saturated rings. The van der Waals surface area contributed by atoms with E-state index in [0.717, 1.165) is 56.6 Å². The molecule has 1 aliphatic rings. The van der Waals surface area contributed by atoms with Gasteiger partial charge in [0.2, 0.25) is 0 Å². The third-order valence-corrected chi connectivity index (χ3v) is 4.89. The molecule has 3 rings (SSSR count). The first-order valence-corrected chi connectivity index (χ1v) is 9.50. The maximum atomic E-state index is 5.47. The highest BCUT2D eigenvalue weighted by molar-refractivity contribution is 14.0. The van der Waals surface area contributed by atoms with E-state index in [2.05, 4.69) is 65.6 Å². The molecule has 1 aromatic heterocycles. The first-order chi connectivity index (χ1) is 12.6. The Morgan fingerprint density at radius 1 is 1.22 bits per heavy atom. The van der Waals surface area contributed by atoms with Gasteiger partial charge in [0.05, 0.1) is 19.8 Å². The fourth-order valence-corrected chi connectivity index (χ4v) is 3.31. The largest absolute Gasteiger partial charge is 0.379 e. The summed E-state index contributed by atoms with van der Waals surface area (Å²) in [5.41, 5.74) is 2.33. The number of ether oxygens (including phenoxy) is 1. The van der Waals surface area contributed by atoms with Crippen molar-refractivity contribution in [2.45, 2.75) is 32.9 Å². The van der Waals surface area contributed by atoms with E-state index in [9.17, 15) is 0 Å². The molecule has 6 nitrogen and oxygen atoms in total. The fourth-order valence-electron chi connectivity index (χ4n) is 3.31. The summed E-state index contributed by atoms with van der Waals surface area (Å²) in [6, 6.07) is 10.5. The lowest BCUT2D eigenvalue weighted by molar-refractivity contribution is -0.00834. The first-order valence-electron chi connectivity index (χ1n) is 9.50. The minimum absolute atomic E-state index is 0. The number of hydrogen-bond acceptors (Lipinski definition) is 3. The predicted molar refractivity (Wildman–Crippen MR) is 123 cm³/mol. The van der Waals surface area contributed by atoms with E-state index < -0.39 is 0 Å². The number of halogens is 1. The number of guanidine groups is 1. The van der Waals surface area contributed by atoms with Gasteiger partial charge in [-0.3, -0.25) is 4.90 Å². The number of morpholine rings is 1. The smallest absolute Gasteiger partial charge is 0.191 e. The molecular weight excluding hydrogens is 453 g/mol. The van der Waals surface area contributed by atoms with Crippen molar-refractivity contribution < 1.29 is 4.74 Å². The number of aromatic nitrogens is 1. The number of aliphatic imine (C=N–C) groups is 1. The van der Waals surface area contributed by atoms with Crippen molar-refractivity contribution in [1.82, 2.24) is 20.5 Å². The van der Waals surface area contributed by atoms with Gasteiger partial charge < -0.3 is 20.4 Å². The van der Waals surface area contributed by atoms with Crippen molar-refractivity contribution in [3.05, 3.63) is 36.0 Å². The normalized spacial score (nSPS) is 16.2. The van der Waals surface area contributed by atoms with Crippen LogP contribution in [0.2, 0.25) is 0 Å². The second-order valence-electron chi connectivity index (χ2n) is 7.34. The summed E-state index contributed by atoms with van der Waals surface area (Å²) < 4.78 is 5.47. The molecule has 3 N–H and O–H groups in total. The third-order valence-electron chi connectivity index (χ3n) is 4.89. The Kier molecular flexibility index (Phi) is 8.37. The third kappa shape index (κ3) is 6.08. The van der Waals surface area contributed by atoms with Crippen LogP contribution in [-0.2, 0) is 11.3 Å². The Balaban J connectivity index is 0.00000261. The summed E-state index contributed by atoms with van der Waals surface area (Å²) in [4.78, 5) is 10.7. The van der Waals surface area contributed by atoms with Crippen LogP contribution in [0.15, 0.2) is 35.3 Å². The number of para-hydroxylation sites is 1. The second-order valence-corrected chi connectivity index (χ2v) is 7.34. The highest BCUT2D eigenvalue weighted by Crippen LogP contribution is 2.16. The van der Waals surface area contributed by atoms with Crippen LogP contribution in [0.5, 0.6) is 0 Å². The van der Waals surface area contributed by atoms with Gasteiger partial charge in [-0.05, 0) is 38.3 Å². The molecule has 0 saturated carbocycles. The van der Waals surface area contributed by atoms with Crippen molar-refractivity contribution >= 4 is 40.8 Å². The number of aromatic amines is 1. The predicted octanol–water partition coefficient (Wildman–Crippen LogP) is 2.95. The molecule has 1 aromatic carbocycles. The van der Waals surface area contributed by atoms with Gasteiger partial charge in [-0.1, -0.05) is 18.2 Å². The molecule has 1 aliphatic heterocycles. The number of hydrogen-bond donors (Lipinski definition) is 3. The molecular formula is C20H32IN5O. The number of fused-ring (bicyclic) bond motifs is 1. The lowest BCUT2D eigenvalue weighted by atomic mass is 10.0. The number of benzene rings is 1. The van der Waals surface area contributed by atoms with Gasteiger partial charge in [0.15, 0.2) is 5.96 Å². The number of H-pyrrole nitrogens is 1. The summed E-state index contributed by atoms with van der Waals surface area (Å²) in [6.07, 6.45) is 0.